The van der Waals surface area contributed by atoms with Gasteiger partial charge in [0.2, 0.25) is 0 Å². The minimum Gasteiger partial charge on any atom is -0.275 e. The van der Waals surface area contributed by atoms with E-state index >= 15 is 0 Å². The van der Waals surface area contributed by atoms with E-state index in [4.69, 9.17) is 5.84 Å². The lowest BCUT2D eigenvalue weighted by atomic mass is 10.7. The molecule has 1 aliphatic rings. The third-order valence-electron chi connectivity index (χ3n) is 1.21. The van der Waals surface area contributed by atoms with Gasteiger partial charge in [-0.2, -0.15) is 0 Å². The van der Waals surface area contributed by atoms with Crippen molar-refractivity contribution in [3.63, 3.8) is 0 Å². The summed E-state index contributed by atoms with van der Waals surface area (Å²) in [4.78, 5) is 10.3. The Kier molecular flexibility index (Phi) is 2.03. The molecule has 58 valence electrons. The zero-order valence-electron chi connectivity index (χ0n) is 5.23. The van der Waals surface area contributed by atoms with Crippen molar-refractivity contribution in [3.8, 4) is 0 Å². The summed E-state index contributed by atoms with van der Waals surface area (Å²) in [6.45, 7) is 0. The van der Waals surface area contributed by atoms with Gasteiger partial charge in [0.25, 0.3) is 0 Å². The topological polar surface area (TPSA) is 79.2 Å². The molecule has 0 spiro atoms. The van der Waals surface area contributed by atoms with Crippen LogP contribution < -0.4 is 22.1 Å². The number of hydrogen-bond donors (Lipinski definition) is 4. The number of alkyl halides is 1. The summed E-state index contributed by atoms with van der Waals surface area (Å²) < 4.78 is 12.1. The molecule has 1 rings (SSSR count). The second kappa shape index (κ2) is 2.80. The van der Waals surface area contributed by atoms with Crippen molar-refractivity contribution in [2.24, 2.45) is 5.84 Å². The lowest BCUT2D eigenvalue weighted by Crippen LogP contribution is -2.48. The van der Waals surface area contributed by atoms with Gasteiger partial charge in [0.1, 0.15) is 6.17 Å². The molecular weight excluding hydrogens is 139 g/mol. The standard InChI is InChI=1S/C4H9FN4O/c5-2-1-3(2)8-9-4(10)7-6/h2-3,8H,1,6H2,(H2,7,9,10)/t2-,3-/m0/s1. The Hall–Kier alpha value is -0.880. The Morgan fingerprint density at radius 1 is 1.70 bits per heavy atom. The van der Waals surface area contributed by atoms with Gasteiger partial charge in [-0.25, -0.2) is 20.5 Å². The highest BCUT2D eigenvalue weighted by atomic mass is 19.1. The molecule has 2 amide bonds. The van der Waals surface area contributed by atoms with Gasteiger partial charge in [-0.1, -0.05) is 0 Å². The Bertz CT molecular complexity index is 141. The number of rotatable bonds is 2. The van der Waals surface area contributed by atoms with E-state index in [-0.39, 0.29) is 6.04 Å². The summed E-state index contributed by atoms with van der Waals surface area (Å²) in [5.74, 6) is 4.72. The quantitative estimate of drug-likeness (QED) is 0.225. The molecular formula is C4H9FN4O. The summed E-state index contributed by atoms with van der Waals surface area (Å²) >= 11 is 0. The van der Waals surface area contributed by atoms with Crippen molar-refractivity contribution in [1.82, 2.24) is 16.3 Å². The van der Waals surface area contributed by atoms with E-state index in [1.807, 2.05) is 5.43 Å². The van der Waals surface area contributed by atoms with E-state index in [9.17, 15) is 9.18 Å². The number of amides is 2. The van der Waals surface area contributed by atoms with Crippen LogP contribution in [0.2, 0.25) is 0 Å². The van der Waals surface area contributed by atoms with Crippen LogP contribution in [0.1, 0.15) is 6.42 Å². The number of nitrogens with one attached hydrogen (secondary N) is 3. The predicted octanol–water partition coefficient (Wildman–Crippen LogP) is -1.23. The predicted molar refractivity (Wildman–Crippen MR) is 32.3 cm³/mol. The van der Waals surface area contributed by atoms with Gasteiger partial charge in [0, 0.05) is 6.42 Å². The first-order valence-corrected chi connectivity index (χ1v) is 2.90. The van der Waals surface area contributed by atoms with Crippen molar-refractivity contribution in [2.75, 3.05) is 0 Å². The first kappa shape index (κ1) is 7.23. The number of carbonyl (C=O) groups excluding carboxylic acids is 1. The minimum atomic E-state index is -0.835. The first-order chi connectivity index (χ1) is 4.74. The smallest absolute Gasteiger partial charge is 0.275 e. The van der Waals surface area contributed by atoms with Crippen molar-refractivity contribution < 1.29 is 9.18 Å². The first-order valence-electron chi connectivity index (χ1n) is 2.90. The highest BCUT2D eigenvalue weighted by molar-refractivity contribution is 5.72. The molecule has 5 nitrogen and oxygen atoms in total. The number of nitrogens with two attached hydrogens (primary N) is 1. The van der Waals surface area contributed by atoms with Gasteiger partial charge in [-0.15, -0.1) is 0 Å². The van der Waals surface area contributed by atoms with Crippen LogP contribution in [0.5, 0.6) is 0 Å². The number of urea groups is 1. The molecule has 0 bridgehead atoms. The molecule has 0 aliphatic heterocycles. The van der Waals surface area contributed by atoms with Gasteiger partial charge in [0.05, 0.1) is 6.04 Å². The summed E-state index contributed by atoms with van der Waals surface area (Å²) in [5.41, 5.74) is 6.43. The molecule has 0 aromatic rings. The fourth-order valence-corrected chi connectivity index (χ4v) is 0.508. The minimum absolute atomic E-state index is 0.239. The third-order valence-corrected chi connectivity index (χ3v) is 1.21. The summed E-state index contributed by atoms with van der Waals surface area (Å²) in [6.07, 6.45) is -0.386. The van der Waals surface area contributed by atoms with Gasteiger partial charge >= 0.3 is 6.03 Å². The van der Waals surface area contributed by atoms with E-state index in [1.54, 1.807) is 0 Å². The number of carbonyl (C=O) groups is 1. The van der Waals surface area contributed by atoms with E-state index < -0.39 is 12.2 Å². The van der Waals surface area contributed by atoms with Crippen LogP contribution in [0.3, 0.4) is 0 Å². The van der Waals surface area contributed by atoms with Gasteiger partial charge in [-0.05, 0) is 0 Å². The van der Waals surface area contributed by atoms with Gasteiger partial charge < -0.3 is 0 Å². The van der Waals surface area contributed by atoms with E-state index in [2.05, 4.69) is 10.9 Å². The molecule has 0 aromatic carbocycles. The fourth-order valence-electron chi connectivity index (χ4n) is 0.508. The molecule has 10 heavy (non-hydrogen) atoms. The molecule has 1 saturated carbocycles. The molecule has 1 aliphatic carbocycles. The van der Waals surface area contributed by atoms with Gasteiger partial charge in [-0.3, -0.25) is 10.9 Å². The largest absolute Gasteiger partial charge is 0.343 e. The van der Waals surface area contributed by atoms with Crippen LogP contribution in [0.25, 0.3) is 0 Å². The van der Waals surface area contributed by atoms with E-state index in [0.717, 1.165) is 0 Å². The Labute approximate surface area is 57.1 Å². The molecule has 6 heteroatoms. The summed E-state index contributed by atoms with van der Waals surface area (Å²) in [7, 11) is 0. The fraction of sp³-hybridized carbons (Fsp3) is 0.750. The molecule has 0 saturated heterocycles. The second-order valence-electron chi connectivity index (χ2n) is 2.10. The van der Waals surface area contributed by atoms with E-state index in [0.29, 0.717) is 6.42 Å². The van der Waals surface area contributed by atoms with Crippen LogP contribution >= 0.6 is 0 Å². The third kappa shape index (κ3) is 1.82. The molecule has 0 radical (unpaired) electrons. The second-order valence-corrected chi connectivity index (χ2v) is 2.10. The van der Waals surface area contributed by atoms with Crippen LogP contribution in [0.4, 0.5) is 9.18 Å². The SMILES string of the molecule is NNC(=O)NN[C@H]1C[C@@H]1F. The Balaban J connectivity index is 2.00. The average Bonchev–Trinajstić information content (AvgIpc) is 2.61. The average molecular weight is 148 g/mol. The van der Waals surface area contributed by atoms with Crippen LogP contribution in [0.15, 0.2) is 0 Å². The maximum atomic E-state index is 12.1. The Morgan fingerprint density at radius 2 is 2.30 bits per heavy atom. The van der Waals surface area contributed by atoms with Crippen molar-refractivity contribution in [2.45, 2.75) is 18.6 Å². The lowest BCUT2D eigenvalue weighted by Gasteiger charge is -2.02. The molecule has 2 atom stereocenters. The number of hydrazine groups is 2. The molecule has 0 aromatic heterocycles. The molecule has 0 heterocycles. The molecule has 1 fully saturated rings. The van der Waals surface area contributed by atoms with Crippen molar-refractivity contribution >= 4 is 6.03 Å². The zero-order valence-corrected chi connectivity index (χ0v) is 5.23. The van der Waals surface area contributed by atoms with Crippen LogP contribution in [-0.4, -0.2) is 18.2 Å². The maximum Gasteiger partial charge on any atom is 0.343 e. The van der Waals surface area contributed by atoms with Crippen molar-refractivity contribution in [3.05, 3.63) is 0 Å². The molecule has 5 N–H and O–H groups in total. The number of halogens is 1. The molecule has 0 unspecified atom stereocenters. The summed E-state index contributed by atoms with van der Waals surface area (Å²) in [6, 6.07) is -0.809. The highest BCUT2D eigenvalue weighted by Gasteiger charge is 2.37. The van der Waals surface area contributed by atoms with Crippen molar-refractivity contribution in [1.29, 1.82) is 0 Å². The summed E-state index contributed by atoms with van der Waals surface area (Å²) in [5, 5.41) is 0. The van der Waals surface area contributed by atoms with Crippen LogP contribution in [0, 0.1) is 0 Å². The highest BCUT2D eigenvalue weighted by Crippen LogP contribution is 2.23. The van der Waals surface area contributed by atoms with E-state index in [1.165, 1.54) is 0 Å². The van der Waals surface area contributed by atoms with Gasteiger partial charge in [0.15, 0.2) is 0 Å². The zero-order chi connectivity index (χ0) is 7.56. The van der Waals surface area contributed by atoms with Crippen LogP contribution in [-0.2, 0) is 0 Å². The monoisotopic (exact) mass is 148 g/mol. The normalized spacial score (nSPS) is 29.4. The maximum absolute atomic E-state index is 12.1. The lowest BCUT2D eigenvalue weighted by molar-refractivity contribution is 0.235. The number of hydrogen-bond acceptors (Lipinski definition) is 3. The Morgan fingerprint density at radius 3 is 2.70 bits per heavy atom.